The summed E-state index contributed by atoms with van der Waals surface area (Å²) in [5, 5.41) is 3.76. The third kappa shape index (κ3) is 5.71. The lowest BCUT2D eigenvalue weighted by Crippen LogP contribution is -2.54. The molecule has 1 aliphatic heterocycles. The molecule has 1 saturated heterocycles. The SMILES string of the molecule is CC(C)COCCCN1CCNC(C2CCCCC2)C1. The monoisotopic (exact) mass is 282 g/mol. The molecule has 0 aromatic heterocycles. The highest BCUT2D eigenvalue weighted by molar-refractivity contribution is 4.85. The zero-order valence-electron chi connectivity index (χ0n) is 13.6. The van der Waals surface area contributed by atoms with Crippen LogP contribution in [0.1, 0.15) is 52.4 Å². The van der Waals surface area contributed by atoms with Crippen molar-refractivity contribution in [1.82, 2.24) is 10.2 Å². The fourth-order valence-electron chi connectivity index (χ4n) is 3.61. The standard InChI is InChI=1S/C17H34N2O/c1-15(2)14-20-12-6-10-19-11-9-18-17(13-19)16-7-4-3-5-8-16/h15-18H,3-14H2,1-2H3. The van der Waals surface area contributed by atoms with E-state index in [4.69, 9.17) is 4.74 Å². The van der Waals surface area contributed by atoms with Gasteiger partial charge >= 0.3 is 0 Å². The Labute approximate surface area is 125 Å². The smallest absolute Gasteiger partial charge is 0.0489 e. The lowest BCUT2D eigenvalue weighted by atomic mass is 9.83. The Balaban J connectivity index is 1.60. The first-order valence-corrected chi connectivity index (χ1v) is 8.79. The number of nitrogens with one attached hydrogen (secondary N) is 1. The van der Waals surface area contributed by atoms with Gasteiger partial charge in [-0.15, -0.1) is 0 Å². The van der Waals surface area contributed by atoms with Gasteiger partial charge in [-0.2, -0.15) is 0 Å². The fraction of sp³-hybridized carbons (Fsp3) is 1.00. The van der Waals surface area contributed by atoms with Crippen molar-refractivity contribution in [3.05, 3.63) is 0 Å². The van der Waals surface area contributed by atoms with Crippen molar-refractivity contribution in [2.45, 2.75) is 58.4 Å². The van der Waals surface area contributed by atoms with Crippen LogP contribution in [0.2, 0.25) is 0 Å². The maximum atomic E-state index is 5.69. The molecule has 0 amide bonds. The Morgan fingerprint density at radius 1 is 1.20 bits per heavy atom. The average Bonchev–Trinajstić information content (AvgIpc) is 2.48. The van der Waals surface area contributed by atoms with E-state index < -0.39 is 0 Å². The molecule has 0 aromatic rings. The van der Waals surface area contributed by atoms with Gasteiger partial charge in [0.05, 0.1) is 0 Å². The van der Waals surface area contributed by atoms with E-state index in [1.54, 1.807) is 0 Å². The van der Waals surface area contributed by atoms with Gasteiger partial charge in [0.15, 0.2) is 0 Å². The first-order valence-electron chi connectivity index (χ1n) is 8.79. The Bertz CT molecular complexity index is 251. The number of nitrogens with zero attached hydrogens (tertiary/aromatic N) is 1. The van der Waals surface area contributed by atoms with Crippen LogP contribution < -0.4 is 5.32 Å². The zero-order valence-corrected chi connectivity index (χ0v) is 13.6. The van der Waals surface area contributed by atoms with Crippen molar-refractivity contribution in [2.75, 3.05) is 39.4 Å². The molecule has 0 aromatic carbocycles. The van der Waals surface area contributed by atoms with Crippen molar-refractivity contribution >= 4 is 0 Å². The van der Waals surface area contributed by atoms with E-state index in [2.05, 4.69) is 24.1 Å². The van der Waals surface area contributed by atoms with Crippen molar-refractivity contribution < 1.29 is 4.74 Å². The quantitative estimate of drug-likeness (QED) is 0.727. The van der Waals surface area contributed by atoms with Gasteiger partial charge in [0.2, 0.25) is 0 Å². The first kappa shape index (κ1) is 16.3. The van der Waals surface area contributed by atoms with E-state index in [1.165, 1.54) is 64.7 Å². The fourth-order valence-corrected chi connectivity index (χ4v) is 3.61. The molecule has 2 rings (SSSR count). The summed E-state index contributed by atoms with van der Waals surface area (Å²) >= 11 is 0. The Kier molecular flexibility index (Phi) is 7.32. The molecule has 1 atom stereocenters. The van der Waals surface area contributed by atoms with Crippen molar-refractivity contribution in [2.24, 2.45) is 11.8 Å². The molecular weight excluding hydrogens is 248 g/mol. The van der Waals surface area contributed by atoms with Crippen molar-refractivity contribution in [1.29, 1.82) is 0 Å². The summed E-state index contributed by atoms with van der Waals surface area (Å²) in [4.78, 5) is 2.65. The van der Waals surface area contributed by atoms with Crippen LogP contribution in [-0.4, -0.2) is 50.3 Å². The maximum absolute atomic E-state index is 5.69. The minimum Gasteiger partial charge on any atom is -0.381 e. The van der Waals surface area contributed by atoms with E-state index in [9.17, 15) is 0 Å². The highest BCUT2D eigenvalue weighted by Crippen LogP contribution is 2.27. The number of rotatable bonds is 7. The maximum Gasteiger partial charge on any atom is 0.0489 e. The molecular formula is C17H34N2O. The predicted molar refractivity (Wildman–Crippen MR) is 85.1 cm³/mol. The van der Waals surface area contributed by atoms with Gasteiger partial charge in [-0.1, -0.05) is 33.1 Å². The molecule has 3 nitrogen and oxygen atoms in total. The molecule has 20 heavy (non-hydrogen) atoms. The minimum atomic E-state index is 0.657. The molecule has 1 aliphatic carbocycles. The highest BCUT2D eigenvalue weighted by Gasteiger charge is 2.27. The molecule has 1 unspecified atom stereocenters. The normalized spacial score (nSPS) is 26.2. The van der Waals surface area contributed by atoms with Crippen molar-refractivity contribution in [3.63, 3.8) is 0 Å². The summed E-state index contributed by atoms with van der Waals surface area (Å²) in [5.74, 6) is 1.59. The third-order valence-electron chi connectivity index (χ3n) is 4.72. The second-order valence-corrected chi connectivity index (χ2v) is 7.08. The number of piperazine rings is 1. The largest absolute Gasteiger partial charge is 0.381 e. The average molecular weight is 282 g/mol. The molecule has 1 N–H and O–H groups in total. The van der Waals surface area contributed by atoms with Crippen LogP contribution in [0.5, 0.6) is 0 Å². The topological polar surface area (TPSA) is 24.5 Å². The lowest BCUT2D eigenvalue weighted by molar-refractivity contribution is 0.0898. The van der Waals surface area contributed by atoms with E-state index in [0.717, 1.165) is 25.2 Å². The molecule has 2 fully saturated rings. The molecule has 118 valence electrons. The Morgan fingerprint density at radius 2 is 2.00 bits per heavy atom. The van der Waals surface area contributed by atoms with Crippen LogP contribution in [0.15, 0.2) is 0 Å². The van der Waals surface area contributed by atoms with Gasteiger partial charge in [-0.05, 0) is 31.1 Å². The summed E-state index contributed by atoms with van der Waals surface area (Å²) in [5.41, 5.74) is 0. The number of hydrogen-bond donors (Lipinski definition) is 1. The second-order valence-electron chi connectivity index (χ2n) is 7.08. The van der Waals surface area contributed by atoms with Crippen LogP contribution in [0.4, 0.5) is 0 Å². The van der Waals surface area contributed by atoms with E-state index in [0.29, 0.717) is 5.92 Å². The minimum absolute atomic E-state index is 0.657. The Morgan fingerprint density at radius 3 is 2.75 bits per heavy atom. The zero-order chi connectivity index (χ0) is 14.2. The number of ether oxygens (including phenoxy) is 1. The van der Waals surface area contributed by atoms with E-state index in [1.807, 2.05) is 0 Å². The molecule has 2 aliphatic rings. The van der Waals surface area contributed by atoms with E-state index in [-0.39, 0.29) is 0 Å². The molecule has 1 saturated carbocycles. The Hall–Kier alpha value is -0.120. The number of hydrogen-bond acceptors (Lipinski definition) is 3. The van der Waals surface area contributed by atoms with Gasteiger partial charge in [-0.25, -0.2) is 0 Å². The third-order valence-corrected chi connectivity index (χ3v) is 4.72. The molecule has 0 spiro atoms. The summed E-state index contributed by atoms with van der Waals surface area (Å²) in [6.07, 6.45) is 8.44. The molecule has 3 heteroatoms. The molecule has 0 radical (unpaired) electrons. The van der Waals surface area contributed by atoms with Crippen LogP contribution in [-0.2, 0) is 4.74 Å². The second kappa shape index (κ2) is 9.01. The van der Waals surface area contributed by atoms with Gasteiger partial charge in [0, 0.05) is 45.4 Å². The van der Waals surface area contributed by atoms with Crippen LogP contribution in [0, 0.1) is 11.8 Å². The summed E-state index contributed by atoms with van der Waals surface area (Å²) in [6.45, 7) is 11.1. The van der Waals surface area contributed by atoms with Gasteiger partial charge < -0.3 is 15.0 Å². The van der Waals surface area contributed by atoms with Crippen LogP contribution in [0.3, 0.4) is 0 Å². The molecule has 1 heterocycles. The van der Waals surface area contributed by atoms with Crippen molar-refractivity contribution in [3.8, 4) is 0 Å². The first-order chi connectivity index (χ1) is 9.75. The predicted octanol–water partition coefficient (Wildman–Crippen LogP) is 2.90. The highest BCUT2D eigenvalue weighted by atomic mass is 16.5. The summed E-state index contributed by atoms with van der Waals surface area (Å²) < 4.78 is 5.69. The lowest BCUT2D eigenvalue weighted by Gasteiger charge is -2.39. The summed E-state index contributed by atoms with van der Waals surface area (Å²) in [7, 11) is 0. The van der Waals surface area contributed by atoms with Gasteiger partial charge in [-0.3, -0.25) is 0 Å². The van der Waals surface area contributed by atoms with Gasteiger partial charge in [0.1, 0.15) is 0 Å². The van der Waals surface area contributed by atoms with Crippen LogP contribution >= 0.6 is 0 Å². The van der Waals surface area contributed by atoms with Crippen LogP contribution in [0.25, 0.3) is 0 Å². The van der Waals surface area contributed by atoms with Gasteiger partial charge in [0.25, 0.3) is 0 Å². The van der Waals surface area contributed by atoms with E-state index >= 15 is 0 Å². The summed E-state index contributed by atoms with van der Waals surface area (Å²) in [6, 6.07) is 0.751. The molecule has 0 bridgehead atoms.